The molecular weight excluding hydrogens is 512 g/mol. The molecule has 0 unspecified atom stereocenters. The smallest absolute Gasteiger partial charge is 0 e. The van der Waals surface area contributed by atoms with Crippen LogP contribution in [0.15, 0.2) is 60.7 Å². The molecule has 0 aromatic heterocycles. The molecule has 84 valence electrons. The summed E-state index contributed by atoms with van der Waals surface area (Å²) in [5.41, 5.74) is 0. The van der Waals surface area contributed by atoms with Crippen LogP contribution in [0.3, 0.4) is 0 Å². The fraction of sp³-hybridized carbons (Fsp3) is 0. The summed E-state index contributed by atoms with van der Waals surface area (Å²) in [5, 5.41) is 0. The molecule has 0 nitrogen and oxygen atoms in total. The molecule has 0 atom stereocenters. The van der Waals surface area contributed by atoms with Crippen LogP contribution in [0.1, 0.15) is 0 Å². The minimum absolute atomic E-state index is 0. The molecule has 0 aliphatic rings. The normalized spacial score (nSPS) is 6.44. The third-order valence-electron chi connectivity index (χ3n) is 1.21. The molecule has 0 aliphatic carbocycles. The van der Waals surface area contributed by atoms with Crippen molar-refractivity contribution in [2.45, 2.75) is 0 Å². The Morgan fingerprint density at radius 2 is 0.812 bits per heavy atom. The summed E-state index contributed by atoms with van der Waals surface area (Å²) in [7, 11) is 0. The number of hydrogen-bond donors (Lipinski definition) is 0. The average Bonchev–Trinajstić information content (AvgIpc) is 2.37. The molecule has 2 radical (unpaired) electrons. The van der Waals surface area contributed by atoms with Gasteiger partial charge in [0.15, 0.2) is 0 Å². The Kier molecular flexibility index (Phi) is 31.8. The summed E-state index contributed by atoms with van der Waals surface area (Å²) in [6, 6.07) is 25.0. The second kappa shape index (κ2) is 22.1. The summed E-state index contributed by atoms with van der Waals surface area (Å²) in [6.45, 7) is 0. The largest absolute Gasteiger partial charge is 0.184 e. The molecule has 0 aliphatic heterocycles. The Morgan fingerprint density at radius 1 is 0.562 bits per heavy atom. The van der Waals surface area contributed by atoms with E-state index >= 15 is 0 Å². The van der Waals surface area contributed by atoms with Crippen molar-refractivity contribution in [2.24, 2.45) is 0 Å². The maximum atomic E-state index is 4.16. The van der Waals surface area contributed by atoms with Gasteiger partial charge in [-0.1, -0.05) is 0 Å². The molecule has 0 heterocycles. The molecule has 0 amide bonds. The molecule has 16 heavy (non-hydrogen) atoms. The van der Waals surface area contributed by atoms with E-state index in [-0.39, 0.29) is 65.4 Å². The monoisotopic (exact) mass is 522 g/mol. The molecule has 4 heteroatoms. The summed E-state index contributed by atoms with van der Waals surface area (Å²) in [4.78, 5) is 0. The topological polar surface area (TPSA) is 0 Å². The predicted molar refractivity (Wildman–Crippen MR) is 64.6 cm³/mol. The first kappa shape index (κ1) is 23.0. The van der Waals surface area contributed by atoms with Gasteiger partial charge in [0.05, 0.1) is 0 Å². The van der Waals surface area contributed by atoms with Crippen molar-refractivity contribution in [3.8, 4) is 0 Å². The van der Waals surface area contributed by atoms with E-state index in [1.807, 2.05) is 60.7 Å². The molecule has 2 rings (SSSR count). The van der Waals surface area contributed by atoms with Gasteiger partial charge in [-0.05, 0) is 0 Å². The first-order chi connectivity index (χ1) is 7.00. The third-order valence-corrected chi connectivity index (χ3v) is 1.21. The van der Waals surface area contributed by atoms with Gasteiger partial charge in [0.25, 0.3) is 0 Å². The SMILES string of the molecule is [Cu][I].[Y].[Y].[c-]1ccccc1.[c-]1ccccc1. The second-order valence-electron chi connectivity index (χ2n) is 2.15. The molecule has 2 aromatic carbocycles. The van der Waals surface area contributed by atoms with Crippen LogP contribution >= 0.6 is 20.3 Å². The Morgan fingerprint density at radius 3 is 0.875 bits per heavy atom. The van der Waals surface area contributed by atoms with E-state index in [4.69, 9.17) is 0 Å². The van der Waals surface area contributed by atoms with E-state index in [0.29, 0.717) is 0 Å². The first-order valence-electron chi connectivity index (χ1n) is 3.94. The molecule has 0 saturated carbocycles. The number of halogens is 1. The zero-order valence-corrected chi connectivity index (χ0v) is 17.4. The minimum atomic E-state index is 0. The van der Waals surface area contributed by atoms with Crippen molar-refractivity contribution < 1.29 is 78.2 Å². The predicted octanol–water partition coefficient (Wildman–Crippen LogP) is 3.85. The van der Waals surface area contributed by atoms with E-state index in [1.165, 1.54) is 0 Å². The van der Waals surface area contributed by atoms with Gasteiger partial charge in [-0.2, -0.15) is 72.8 Å². The quantitative estimate of drug-likeness (QED) is 0.280. The second-order valence-corrected chi connectivity index (χ2v) is 2.15. The van der Waals surface area contributed by atoms with Crippen LogP contribution in [0.5, 0.6) is 0 Å². The van der Waals surface area contributed by atoms with E-state index in [2.05, 4.69) is 24.9 Å². The van der Waals surface area contributed by atoms with Crippen LogP contribution < -0.4 is 0 Å². The minimum Gasteiger partial charge on any atom is -0.184 e. The van der Waals surface area contributed by atoms with Crippen molar-refractivity contribution in [2.75, 3.05) is 0 Å². The number of hydrogen-bond acceptors (Lipinski definition) is 0. The van der Waals surface area contributed by atoms with E-state index < -0.39 is 0 Å². The number of benzene rings is 2. The van der Waals surface area contributed by atoms with Crippen LogP contribution in [0.25, 0.3) is 0 Å². The van der Waals surface area contributed by atoms with E-state index in [1.54, 1.807) is 20.3 Å². The molecule has 0 bridgehead atoms. The summed E-state index contributed by atoms with van der Waals surface area (Å²) < 4.78 is 0. The van der Waals surface area contributed by atoms with Crippen molar-refractivity contribution in [1.82, 2.24) is 0 Å². The Balaban J connectivity index is -0.000000165. The fourth-order valence-electron chi connectivity index (χ4n) is 0.684. The summed E-state index contributed by atoms with van der Waals surface area (Å²) in [6.07, 6.45) is 0. The molecular formula is C12H10CuIY2-2. The van der Waals surface area contributed by atoms with Crippen LogP contribution in [0, 0.1) is 12.1 Å². The molecule has 0 saturated heterocycles. The van der Waals surface area contributed by atoms with Gasteiger partial charge in [0, 0.05) is 65.4 Å². The zero-order valence-electron chi connectivity index (χ0n) is 8.61. The van der Waals surface area contributed by atoms with Gasteiger partial charge in [-0.15, -0.1) is 0 Å². The van der Waals surface area contributed by atoms with Gasteiger partial charge in [0.2, 0.25) is 0 Å². The van der Waals surface area contributed by atoms with Crippen LogP contribution in [0.4, 0.5) is 0 Å². The Bertz CT molecular complexity index is 194. The van der Waals surface area contributed by atoms with Crippen LogP contribution in [-0.2, 0) is 78.2 Å². The van der Waals surface area contributed by atoms with E-state index in [0.717, 1.165) is 0 Å². The molecule has 2 aromatic rings. The first-order valence-corrected chi connectivity index (χ1v) is 6.97. The number of rotatable bonds is 0. The Labute approximate surface area is 168 Å². The zero-order chi connectivity index (χ0) is 10.5. The van der Waals surface area contributed by atoms with Crippen molar-refractivity contribution in [1.29, 1.82) is 0 Å². The third kappa shape index (κ3) is 18.3. The van der Waals surface area contributed by atoms with Gasteiger partial charge < -0.3 is 0 Å². The Hall–Kier alpha value is 1.90. The van der Waals surface area contributed by atoms with Crippen LogP contribution in [-0.4, -0.2) is 0 Å². The van der Waals surface area contributed by atoms with Crippen molar-refractivity contribution in [3.63, 3.8) is 0 Å². The standard InChI is InChI=1S/2C6H5.Cu.HI.2Y/c2*1-2-4-6-5-3-1;;;;/h2*1-5H;;1H;;/q2*-1;+1;;;/p-1. The maximum absolute atomic E-state index is 4.16. The summed E-state index contributed by atoms with van der Waals surface area (Å²) >= 11 is 5.87. The van der Waals surface area contributed by atoms with Crippen LogP contribution in [0.2, 0.25) is 0 Å². The summed E-state index contributed by atoms with van der Waals surface area (Å²) in [5.74, 6) is 0. The van der Waals surface area contributed by atoms with Gasteiger partial charge in [-0.3, -0.25) is 0 Å². The van der Waals surface area contributed by atoms with Gasteiger partial charge in [-0.25, -0.2) is 0 Å². The van der Waals surface area contributed by atoms with E-state index in [9.17, 15) is 0 Å². The van der Waals surface area contributed by atoms with Crippen molar-refractivity contribution >= 4 is 20.3 Å². The fourth-order valence-corrected chi connectivity index (χ4v) is 0.684. The van der Waals surface area contributed by atoms with Gasteiger partial charge >= 0.3 is 33.1 Å². The molecule has 0 fully saturated rings. The average molecular weight is 522 g/mol. The van der Waals surface area contributed by atoms with Crippen molar-refractivity contribution in [3.05, 3.63) is 72.8 Å². The molecule has 0 N–H and O–H groups in total. The maximum Gasteiger partial charge on any atom is 0 e. The van der Waals surface area contributed by atoms with Gasteiger partial charge in [0.1, 0.15) is 0 Å². The molecule has 0 spiro atoms.